The molecule has 0 aliphatic heterocycles. The second-order valence-electron chi connectivity index (χ2n) is 6.50. The van der Waals surface area contributed by atoms with Gasteiger partial charge in [0.2, 0.25) is 5.91 Å². The lowest BCUT2D eigenvalue weighted by molar-refractivity contribution is -0.117. The van der Waals surface area contributed by atoms with Gasteiger partial charge in [-0.05, 0) is 49.1 Å². The van der Waals surface area contributed by atoms with Gasteiger partial charge in [0.05, 0.1) is 5.02 Å². The van der Waals surface area contributed by atoms with Gasteiger partial charge in [-0.1, -0.05) is 24.1 Å². The summed E-state index contributed by atoms with van der Waals surface area (Å²) in [5.74, 6) is 0.250. The number of hydrogen-bond donors (Lipinski definition) is 3. The van der Waals surface area contributed by atoms with E-state index in [0.29, 0.717) is 28.5 Å². The molecule has 1 aliphatic rings. The molecule has 0 unspecified atom stereocenters. The van der Waals surface area contributed by atoms with E-state index in [4.69, 9.17) is 17.3 Å². The normalized spacial score (nSPS) is 17.8. The van der Waals surface area contributed by atoms with Gasteiger partial charge in [-0.2, -0.15) is 0 Å². The van der Waals surface area contributed by atoms with Crippen LogP contribution in [0.25, 0.3) is 0 Å². The van der Waals surface area contributed by atoms with Gasteiger partial charge < -0.3 is 16.4 Å². The molecule has 0 spiro atoms. The SMILES string of the molecule is Cl.Cl.N[C@@H]1CCC[C@H]1CC(=O)Nc1cccc(C(=O)Nc2ccc(Cl)cn2)c1. The molecule has 152 valence electrons. The summed E-state index contributed by atoms with van der Waals surface area (Å²) in [4.78, 5) is 28.6. The van der Waals surface area contributed by atoms with Crippen LogP contribution in [0.15, 0.2) is 42.6 Å². The lowest BCUT2D eigenvalue weighted by atomic mass is 10.00. The van der Waals surface area contributed by atoms with Gasteiger partial charge in [-0.25, -0.2) is 4.98 Å². The first-order valence-corrected chi connectivity index (χ1v) is 8.97. The Morgan fingerprint density at radius 2 is 1.93 bits per heavy atom. The number of benzene rings is 1. The van der Waals surface area contributed by atoms with Gasteiger partial charge in [0.1, 0.15) is 5.82 Å². The summed E-state index contributed by atoms with van der Waals surface area (Å²) in [5, 5.41) is 6.04. The van der Waals surface area contributed by atoms with Crippen LogP contribution in [0.1, 0.15) is 36.0 Å². The van der Waals surface area contributed by atoms with Crippen molar-refractivity contribution in [2.45, 2.75) is 31.7 Å². The number of amides is 2. The molecule has 1 heterocycles. The molecule has 1 aliphatic carbocycles. The molecule has 0 saturated heterocycles. The molecule has 0 radical (unpaired) electrons. The van der Waals surface area contributed by atoms with Gasteiger partial charge in [0.15, 0.2) is 0 Å². The zero-order chi connectivity index (χ0) is 18.5. The number of aromatic nitrogens is 1. The minimum absolute atomic E-state index is 0. The van der Waals surface area contributed by atoms with Crippen molar-refractivity contribution < 1.29 is 9.59 Å². The highest BCUT2D eigenvalue weighted by Crippen LogP contribution is 2.27. The van der Waals surface area contributed by atoms with Crippen molar-refractivity contribution >= 4 is 59.7 Å². The first-order chi connectivity index (χ1) is 12.5. The summed E-state index contributed by atoms with van der Waals surface area (Å²) in [5.41, 5.74) is 7.03. The zero-order valence-corrected chi connectivity index (χ0v) is 17.4. The quantitative estimate of drug-likeness (QED) is 0.639. The van der Waals surface area contributed by atoms with Crippen LogP contribution in [0.2, 0.25) is 5.02 Å². The molecule has 3 rings (SSSR count). The fourth-order valence-electron chi connectivity index (χ4n) is 3.15. The summed E-state index contributed by atoms with van der Waals surface area (Å²) in [6.07, 6.45) is 4.92. The van der Waals surface area contributed by atoms with E-state index in [1.807, 2.05) is 0 Å². The van der Waals surface area contributed by atoms with Crippen LogP contribution in [-0.4, -0.2) is 22.8 Å². The van der Waals surface area contributed by atoms with Crippen LogP contribution < -0.4 is 16.4 Å². The van der Waals surface area contributed by atoms with Gasteiger partial charge in [0, 0.05) is 29.9 Å². The van der Waals surface area contributed by atoms with Crippen LogP contribution in [0, 0.1) is 5.92 Å². The van der Waals surface area contributed by atoms with E-state index in [1.54, 1.807) is 36.4 Å². The van der Waals surface area contributed by atoms with E-state index in [2.05, 4.69) is 15.6 Å². The number of carbonyl (C=O) groups excluding carboxylic acids is 2. The molecule has 2 atom stereocenters. The first-order valence-electron chi connectivity index (χ1n) is 8.59. The lowest BCUT2D eigenvalue weighted by Crippen LogP contribution is -2.28. The van der Waals surface area contributed by atoms with Gasteiger partial charge in [-0.3, -0.25) is 9.59 Å². The molecule has 1 aromatic carbocycles. The monoisotopic (exact) mass is 444 g/mol. The number of pyridine rings is 1. The Labute approximate surface area is 181 Å². The van der Waals surface area contributed by atoms with Crippen LogP contribution in [0.3, 0.4) is 0 Å². The minimum atomic E-state index is -0.311. The number of rotatable bonds is 5. The fraction of sp³-hybridized carbons (Fsp3) is 0.316. The molecule has 9 heteroatoms. The predicted molar refractivity (Wildman–Crippen MR) is 117 cm³/mol. The third-order valence-corrected chi connectivity index (χ3v) is 4.77. The molecule has 0 bridgehead atoms. The predicted octanol–water partition coefficient (Wildman–Crippen LogP) is 4.29. The fourth-order valence-corrected chi connectivity index (χ4v) is 3.26. The lowest BCUT2D eigenvalue weighted by Gasteiger charge is -2.15. The zero-order valence-electron chi connectivity index (χ0n) is 15.1. The van der Waals surface area contributed by atoms with E-state index >= 15 is 0 Å². The molecule has 1 saturated carbocycles. The molecule has 28 heavy (non-hydrogen) atoms. The summed E-state index contributed by atoms with van der Waals surface area (Å²) >= 11 is 5.78. The molecular formula is C19H23Cl3N4O2. The topological polar surface area (TPSA) is 97.1 Å². The highest BCUT2D eigenvalue weighted by molar-refractivity contribution is 6.30. The average Bonchev–Trinajstić information content (AvgIpc) is 3.02. The molecule has 2 amide bonds. The number of nitrogens with zero attached hydrogens (tertiary/aromatic N) is 1. The Morgan fingerprint density at radius 1 is 1.14 bits per heavy atom. The highest BCUT2D eigenvalue weighted by atomic mass is 35.5. The molecule has 6 nitrogen and oxygen atoms in total. The van der Waals surface area contributed by atoms with E-state index in [0.717, 1.165) is 19.3 Å². The first kappa shape index (κ1) is 24.2. The number of nitrogens with two attached hydrogens (primary N) is 1. The van der Waals surface area contributed by atoms with E-state index in [-0.39, 0.29) is 48.6 Å². The second-order valence-corrected chi connectivity index (χ2v) is 6.94. The summed E-state index contributed by atoms with van der Waals surface area (Å²) in [7, 11) is 0. The van der Waals surface area contributed by atoms with Crippen molar-refractivity contribution in [3.63, 3.8) is 0 Å². The number of hydrogen-bond acceptors (Lipinski definition) is 4. The second kappa shape index (κ2) is 11.2. The maximum Gasteiger partial charge on any atom is 0.256 e. The number of halogens is 3. The van der Waals surface area contributed by atoms with E-state index in [1.165, 1.54) is 6.20 Å². The van der Waals surface area contributed by atoms with Crippen LogP contribution >= 0.6 is 36.4 Å². The van der Waals surface area contributed by atoms with Crippen LogP contribution in [-0.2, 0) is 4.79 Å². The van der Waals surface area contributed by atoms with Gasteiger partial charge in [-0.15, -0.1) is 24.8 Å². The van der Waals surface area contributed by atoms with Crippen LogP contribution in [0.5, 0.6) is 0 Å². The van der Waals surface area contributed by atoms with Gasteiger partial charge in [0.25, 0.3) is 5.91 Å². The third-order valence-electron chi connectivity index (χ3n) is 4.54. The molecule has 1 fully saturated rings. The van der Waals surface area contributed by atoms with Crippen molar-refractivity contribution in [3.8, 4) is 0 Å². The molecule has 1 aromatic heterocycles. The van der Waals surface area contributed by atoms with Crippen molar-refractivity contribution in [1.29, 1.82) is 0 Å². The summed E-state index contributed by atoms with van der Waals surface area (Å²) in [6, 6.07) is 10.2. The number of anilines is 2. The van der Waals surface area contributed by atoms with Crippen molar-refractivity contribution in [1.82, 2.24) is 4.98 Å². The Morgan fingerprint density at radius 3 is 2.57 bits per heavy atom. The van der Waals surface area contributed by atoms with Gasteiger partial charge >= 0.3 is 0 Å². The summed E-state index contributed by atoms with van der Waals surface area (Å²) in [6.45, 7) is 0. The third kappa shape index (κ3) is 6.63. The maximum atomic E-state index is 12.3. The smallest absolute Gasteiger partial charge is 0.256 e. The Kier molecular flexibility index (Phi) is 9.69. The Balaban J connectivity index is 0.00000196. The minimum Gasteiger partial charge on any atom is -0.327 e. The molecular weight excluding hydrogens is 423 g/mol. The number of carbonyl (C=O) groups is 2. The number of nitrogens with one attached hydrogen (secondary N) is 2. The van der Waals surface area contributed by atoms with Crippen molar-refractivity contribution in [2.75, 3.05) is 10.6 Å². The largest absolute Gasteiger partial charge is 0.327 e. The van der Waals surface area contributed by atoms with E-state index in [9.17, 15) is 9.59 Å². The Hall–Kier alpha value is -1.86. The molecule has 2 aromatic rings. The van der Waals surface area contributed by atoms with Crippen molar-refractivity contribution in [3.05, 3.63) is 53.2 Å². The summed E-state index contributed by atoms with van der Waals surface area (Å²) < 4.78 is 0. The van der Waals surface area contributed by atoms with Crippen LogP contribution in [0.4, 0.5) is 11.5 Å². The maximum absolute atomic E-state index is 12.3. The average molecular weight is 446 g/mol. The Bertz CT molecular complexity index is 802. The molecule has 4 N–H and O–H groups in total. The highest BCUT2D eigenvalue weighted by Gasteiger charge is 2.26. The van der Waals surface area contributed by atoms with Crippen molar-refractivity contribution in [2.24, 2.45) is 11.7 Å². The van der Waals surface area contributed by atoms with E-state index < -0.39 is 0 Å². The standard InChI is InChI=1S/C19H21ClN4O2.2ClH/c20-14-7-8-17(22-11-14)24-19(26)13-4-1-5-15(9-13)23-18(25)10-12-3-2-6-16(12)21;;/h1,4-5,7-9,11-12,16H,2-3,6,10,21H2,(H,23,25)(H,22,24,26);2*1H/t12-,16+;;/m0../s1.